The van der Waals surface area contributed by atoms with Crippen molar-refractivity contribution in [2.75, 3.05) is 19.6 Å². The summed E-state index contributed by atoms with van der Waals surface area (Å²) in [4.78, 5) is 2.17. The first kappa shape index (κ1) is 7.59. The van der Waals surface area contributed by atoms with E-state index in [4.69, 9.17) is 5.11 Å². The molecule has 1 saturated heterocycles. The molecule has 56 valence electrons. The van der Waals surface area contributed by atoms with Gasteiger partial charge in [0.15, 0.2) is 0 Å². The SMILES string of the molecule is CC#CCN1CCC(O)C1. The molecule has 10 heavy (non-hydrogen) atoms. The van der Waals surface area contributed by atoms with E-state index in [2.05, 4.69) is 16.7 Å². The summed E-state index contributed by atoms with van der Waals surface area (Å²) in [5.41, 5.74) is 0. The van der Waals surface area contributed by atoms with Crippen LogP contribution in [0.25, 0.3) is 0 Å². The van der Waals surface area contributed by atoms with Crippen molar-refractivity contribution in [3.8, 4) is 11.8 Å². The van der Waals surface area contributed by atoms with Crippen LogP contribution in [-0.2, 0) is 0 Å². The Labute approximate surface area is 61.8 Å². The van der Waals surface area contributed by atoms with Gasteiger partial charge in [0, 0.05) is 13.1 Å². The van der Waals surface area contributed by atoms with Crippen molar-refractivity contribution in [1.82, 2.24) is 4.90 Å². The van der Waals surface area contributed by atoms with Gasteiger partial charge in [0.2, 0.25) is 0 Å². The highest BCUT2D eigenvalue weighted by Gasteiger charge is 2.18. The summed E-state index contributed by atoms with van der Waals surface area (Å²) in [6.45, 7) is 4.45. The third-order valence-electron chi connectivity index (χ3n) is 1.73. The highest BCUT2D eigenvalue weighted by molar-refractivity contribution is 4.98. The minimum Gasteiger partial charge on any atom is -0.392 e. The Kier molecular flexibility index (Phi) is 2.73. The lowest BCUT2D eigenvalue weighted by atomic mass is 10.3. The smallest absolute Gasteiger partial charge is 0.0679 e. The van der Waals surface area contributed by atoms with Gasteiger partial charge in [-0.1, -0.05) is 5.92 Å². The minimum atomic E-state index is -0.112. The van der Waals surface area contributed by atoms with Gasteiger partial charge in [0.05, 0.1) is 12.6 Å². The standard InChI is InChI=1S/C8H13NO/c1-2-3-5-9-6-4-8(10)7-9/h8,10H,4-7H2,1H3. The van der Waals surface area contributed by atoms with Crippen molar-refractivity contribution < 1.29 is 5.11 Å². The molecule has 1 rings (SSSR count). The van der Waals surface area contributed by atoms with Gasteiger partial charge in [0.1, 0.15) is 0 Å². The fourth-order valence-electron chi connectivity index (χ4n) is 1.15. The first-order chi connectivity index (χ1) is 4.83. The Balaban J connectivity index is 2.22. The molecule has 0 radical (unpaired) electrons. The molecule has 1 heterocycles. The first-order valence-electron chi connectivity index (χ1n) is 3.63. The Hall–Kier alpha value is -0.520. The van der Waals surface area contributed by atoms with Crippen LogP contribution >= 0.6 is 0 Å². The van der Waals surface area contributed by atoms with Gasteiger partial charge in [-0.25, -0.2) is 0 Å². The van der Waals surface area contributed by atoms with Crippen LogP contribution in [0.4, 0.5) is 0 Å². The van der Waals surface area contributed by atoms with E-state index in [0.29, 0.717) is 0 Å². The average molecular weight is 139 g/mol. The van der Waals surface area contributed by atoms with Crippen molar-refractivity contribution in [2.24, 2.45) is 0 Å². The number of aliphatic hydroxyl groups is 1. The van der Waals surface area contributed by atoms with Gasteiger partial charge in [0.25, 0.3) is 0 Å². The van der Waals surface area contributed by atoms with E-state index >= 15 is 0 Å². The van der Waals surface area contributed by atoms with E-state index in [1.54, 1.807) is 0 Å². The zero-order chi connectivity index (χ0) is 7.40. The molecule has 0 saturated carbocycles. The predicted molar refractivity (Wildman–Crippen MR) is 40.5 cm³/mol. The minimum absolute atomic E-state index is 0.112. The van der Waals surface area contributed by atoms with E-state index < -0.39 is 0 Å². The molecule has 0 spiro atoms. The maximum atomic E-state index is 9.11. The third kappa shape index (κ3) is 2.02. The van der Waals surface area contributed by atoms with E-state index in [0.717, 1.165) is 26.1 Å². The average Bonchev–Trinajstić information content (AvgIpc) is 2.31. The Morgan fingerprint density at radius 3 is 3.00 bits per heavy atom. The molecule has 0 aromatic carbocycles. The fourth-order valence-corrected chi connectivity index (χ4v) is 1.15. The molecule has 2 heteroatoms. The zero-order valence-corrected chi connectivity index (χ0v) is 6.30. The van der Waals surface area contributed by atoms with Crippen LogP contribution in [-0.4, -0.2) is 35.7 Å². The quantitative estimate of drug-likeness (QED) is 0.520. The van der Waals surface area contributed by atoms with E-state index in [9.17, 15) is 0 Å². The molecule has 0 aliphatic carbocycles. The van der Waals surface area contributed by atoms with Crippen LogP contribution in [0.1, 0.15) is 13.3 Å². The van der Waals surface area contributed by atoms with Crippen LogP contribution in [0.3, 0.4) is 0 Å². The van der Waals surface area contributed by atoms with E-state index in [1.165, 1.54) is 0 Å². The molecule has 0 amide bonds. The highest BCUT2D eigenvalue weighted by Crippen LogP contribution is 2.06. The Morgan fingerprint density at radius 2 is 2.50 bits per heavy atom. The van der Waals surface area contributed by atoms with Crippen LogP contribution in [0.15, 0.2) is 0 Å². The molecule has 0 aromatic rings. The van der Waals surface area contributed by atoms with Crippen LogP contribution in [0, 0.1) is 11.8 Å². The van der Waals surface area contributed by atoms with Crippen molar-refractivity contribution in [3.63, 3.8) is 0 Å². The lowest BCUT2D eigenvalue weighted by molar-refractivity contribution is 0.180. The number of hydrogen-bond donors (Lipinski definition) is 1. The van der Waals surface area contributed by atoms with Crippen LogP contribution in [0.5, 0.6) is 0 Å². The predicted octanol–water partition coefficient (Wildman–Crippen LogP) is 0.0763. The molecule has 1 aliphatic heterocycles. The van der Waals surface area contributed by atoms with Crippen LogP contribution < -0.4 is 0 Å². The zero-order valence-electron chi connectivity index (χ0n) is 6.30. The second-order valence-electron chi connectivity index (χ2n) is 2.60. The summed E-state index contributed by atoms with van der Waals surface area (Å²) in [6.07, 6.45) is 0.796. The molecular weight excluding hydrogens is 126 g/mol. The summed E-state index contributed by atoms with van der Waals surface area (Å²) < 4.78 is 0. The summed E-state index contributed by atoms with van der Waals surface area (Å²) in [6, 6.07) is 0. The van der Waals surface area contributed by atoms with Gasteiger partial charge < -0.3 is 5.11 Å². The first-order valence-corrected chi connectivity index (χ1v) is 3.63. The van der Waals surface area contributed by atoms with Gasteiger partial charge in [-0.2, -0.15) is 0 Å². The van der Waals surface area contributed by atoms with E-state index in [-0.39, 0.29) is 6.10 Å². The van der Waals surface area contributed by atoms with Crippen molar-refractivity contribution >= 4 is 0 Å². The van der Waals surface area contributed by atoms with Gasteiger partial charge in [-0.05, 0) is 13.3 Å². The molecule has 1 N–H and O–H groups in total. The topological polar surface area (TPSA) is 23.5 Å². The molecule has 2 nitrogen and oxygen atoms in total. The summed E-state index contributed by atoms with van der Waals surface area (Å²) in [5, 5.41) is 9.11. The monoisotopic (exact) mass is 139 g/mol. The molecule has 1 atom stereocenters. The van der Waals surface area contributed by atoms with Crippen molar-refractivity contribution in [2.45, 2.75) is 19.4 Å². The Bertz CT molecular complexity index is 156. The third-order valence-corrected chi connectivity index (χ3v) is 1.73. The number of aliphatic hydroxyl groups excluding tert-OH is 1. The number of likely N-dealkylation sites (tertiary alicyclic amines) is 1. The van der Waals surface area contributed by atoms with Gasteiger partial charge >= 0.3 is 0 Å². The molecule has 0 bridgehead atoms. The second kappa shape index (κ2) is 3.60. The highest BCUT2D eigenvalue weighted by atomic mass is 16.3. The van der Waals surface area contributed by atoms with Crippen molar-refractivity contribution in [3.05, 3.63) is 0 Å². The fraction of sp³-hybridized carbons (Fsp3) is 0.750. The maximum absolute atomic E-state index is 9.11. The van der Waals surface area contributed by atoms with Gasteiger partial charge in [-0.3, -0.25) is 4.90 Å². The van der Waals surface area contributed by atoms with Crippen LogP contribution in [0.2, 0.25) is 0 Å². The lowest BCUT2D eigenvalue weighted by Crippen LogP contribution is -2.22. The molecule has 0 aromatic heterocycles. The number of nitrogens with zero attached hydrogens (tertiary/aromatic N) is 1. The second-order valence-corrected chi connectivity index (χ2v) is 2.60. The van der Waals surface area contributed by atoms with Crippen molar-refractivity contribution in [1.29, 1.82) is 0 Å². The van der Waals surface area contributed by atoms with Gasteiger partial charge in [-0.15, -0.1) is 5.92 Å². The normalized spacial score (nSPS) is 26.0. The summed E-state index contributed by atoms with van der Waals surface area (Å²) >= 11 is 0. The number of rotatable bonds is 1. The van der Waals surface area contributed by atoms with E-state index in [1.807, 2.05) is 6.92 Å². The number of β-amino-alcohol motifs (C(OH)–C–C–N with tert-alkyl or cyclic N) is 1. The Morgan fingerprint density at radius 1 is 1.70 bits per heavy atom. The summed E-state index contributed by atoms with van der Waals surface area (Å²) in [7, 11) is 0. The maximum Gasteiger partial charge on any atom is 0.0679 e. The molecule has 1 aliphatic rings. The largest absolute Gasteiger partial charge is 0.392 e. The number of hydrogen-bond acceptors (Lipinski definition) is 2. The lowest BCUT2D eigenvalue weighted by Gasteiger charge is -2.08. The molecular formula is C8H13NO. The summed E-state index contributed by atoms with van der Waals surface area (Å²) in [5.74, 6) is 5.81. The molecule has 1 unspecified atom stereocenters. The molecule has 1 fully saturated rings.